The van der Waals surface area contributed by atoms with Crippen LogP contribution < -0.4 is 19.7 Å². The molecule has 4 rings (SSSR count). The summed E-state index contributed by atoms with van der Waals surface area (Å²) in [6, 6.07) is 14.5. The molecular weight excluding hydrogens is 483 g/mol. The number of amides is 1. The minimum absolute atomic E-state index is 0.0470. The maximum absolute atomic E-state index is 13.6. The Bertz CT molecular complexity index is 1000. The number of carbonyl (C=O) groups is 1. The molecule has 2 heterocycles. The first-order valence-electron chi connectivity index (χ1n) is 13.0. The van der Waals surface area contributed by atoms with Gasteiger partial charge in [0.2, 0.25) is 5.91 Å². The highest BCUT2D eigenvalue weighted by atomic mass is 19.4. The number of halogens is 3. The summed E-state index contributed by atoms with van der Waals surface area (Å²) in [5, 5.41) is 3.27. The lowest BCUT2D eigenvalue weighted by molar-refractivity contribution is -0.274. The number of benzene rings is 2. The Morgan fingerprint density at radius 3 is 2.35 bits per heavy atom. The van der Waals surface area contributed by atoms with Gasteiger partial charge in [0.25, 0.3) is 0 Å². The average molecular weight is 520 g/mol. The SMILES string of the molecule is COc1cc(OC(F)(F)F)cc(N(CCC2CCN(Cc3ccccc3)CC2)C(=O)C2CCNCC2)c1. The van der Waals surface area contributed by atoms with Crippen LogP contribution in [0, 0.1) is 11.8 Å². The number of ether oxygens (including phenoxy) is 2. The maximum Gasteiger partial charge on any atom is 0.573 e. The fourth-order valence-corrected chi connectivity index (χ4v) is 5.27. The minimum atomic E-state index is -4.83. The van der Waals surface area contributed by atoms with Crippen molar-refractivity contribution in [1.29, 1.82) is 0 Å². The topological polar surface area (TPSA) is 54.0 Å². The molecule has 1 amide bonds. The van der Waals surface area contributed by atoms with Gasteiger partial charge in [-0.15, -0.1) is 13.2 Å². The first-order valence-corrected chi connectivity index (χ1v) is 13.0. The van der Waals surface area contributed by atoms with E-state index in [0.717, 1.165) is 52.0 Å². The van der Waals surface area contributed by atoms with E-state index in [4.69, 9.17) is 4.74 Å². The molecule has 9 heteroatoms. The molecule has 0 unspecified atom stereocenters. The van der Waals surface area contributed by atoms with Crippen LogP contribution in [-0.4, -0.2) is 57.0 Å². The molecule has 0 saturated carbocycles. The summed E-state index contributed by atoms with van der Waals surface area (Å²) in [5.74, 6) is 0.0708. The summed E-state index contributed by atoms with van der Waals surface area (Å²) < 4.78 is 48.3. The zero-order valence-electron chi connectivity index (χ0n) is 21.3. The van der Waals surface area contributed by atoms with Crippen molar-refractivity contribution in [2.24, 2.45) is 11.8 Å². The van der Waals surface area contributed by atoms with Gasteiger partial charge in [0, 0.05) is 37.2 Å². The van der Waals surface area contributed by atoms with Gasteiger partial charge in [0.15, 0.2) is 0 Å². The van der Waals surface area contributed by atoms with Crippen LogP contribution in [-0.2, 0) is 11.3 Å². The van der Waals surface area contributed by atoms with E-state index in [2.05, 4.69) is 39.2 Å². The van der Waals surface area contributed by atoms with Gasteiger partial charge in [-0.1, -0.05) is 30.3 Å². The number of hydrogen-bond acceptors (Lipinski definition) is 5. The van der Waals surface area contributed by atoms with E-state index in [9.17, 15) is 18.0 Å². The van der Waals surface area contributed by atoms with E-state index >= 15 is 0 Å². The standard InChI is InChI=1S/C28H36F3N3O3/c1-36-25-17-24(18-26(19-25)37-28(29,30)31)34(27(35)23-7-12-32-13-8-23)16-11-21-9-14-33(15-10-21)20-22-5-3-2-4-6-22/h2-6,17-19,21,23,32H,7-16,20H2,1H3. The van der Waals surface area contributed by atoms with E-state index in [1.807, 2.05) is 6.07 Å². The van der Waals surface area contributed by atoms with Crippen molar-refractivity contribution in [3.63, 3.8) is 0 Å². The summed E-state index contributed by atoms with van der Waals surface area (Å²) in [4.78, 5) is 17.7. The number of nitrogens with zero attached hydrogens (tertiary/aromatic N) is 2. The van der Waals surface area contributed by atoms with Crippen molar-refractivity contribution in [2.75, 3.05) is 44.7 Å². The smallest absolute Gasteiger partial charge is 0.497 e. The zero-order valence-corrected chi connectivity index (χ0v) is 21.3. The zero-order chi connectivity index (χ0) is 26.3. The number of nitrogens with one attached hydrogen (secondary N) is 1. The number of alkyl halides is 3. The van der Waals surface area contributed by atoms with E-state index < -0.39 is 6.36 Å². The Morgan fingerprint density at radius 2 is 1.70 bits per heavy atom. The molecule has 0 aromatic heterocycles. The fourth-order valence-electron chi connectivity index (χ4n) is 5.27. The highest BCUT2D eigenvalue weighted by Gasteiger charge is 2.33. The summed E-state index contributed by atoms with van der Waals surface area (Å²) >= 11 is 0. The largest absolute Gasteiger partial charge is 0.573 e. The lowest BCUT2D eigenvalue weighted by atomic mass is 9.92. The monoisotopic (exact) mass is 519 g/mol. The van der Waals surface area contributed by atoms with Crippen molar-refractivity contribution in [1.82, 2.24) is 10.2 Å². The first-order chi connectivity index (χ1) is 17.8. The number of likely N-dealkylation sites (tertiary alicyclic amines) is 1. The van der Waals surface area contributed by atoms with E-state index in [1.54, 1.807) is 11.0 Å². The Balaban J connectivity index is 1.45. The minimum Gasteiger partial charge on any atom is -0.497 e. The van der Waals surface area contributed by atoms with Crippen molar-refractivity contribution in [3.8, 4) is 11.5 Å². The Kier molecular flexibility index (Phi) is 9.32. The van der Waals surface area contributed by atoms with Crippen LogP contribution in [0.1, 0.15) is 37.7 Å². The van der Waals surface area contributed by atoms with Crippen molar-refractivity contribution < 1.29 is 27.4 Å². The Labute approximate surface area is 216 Å². The third-order valence-corrected chi connectivity index (χ3v) is 7.32. The van der Waals surface area contributed by atoms with Crippen LogP contribution in [0.4, 0.5) is 18.9 Å². The van der Waals surface area contributed by atoms with Crippen LogP contribution in [0.5, 0.6) is 11.5 Å². The number of hydrogen-bond donors (Lipinski definition) is 1. The average Bonchev–Trinajstić information content (AvgIpc) is 2.89. The highest BCUT2D eigenvalue weighted by Crippen LogP contribution is 2.34. The van der Waals surface area contributed by atoms with E-state index in [-0.39, 0.29) is 23.3 Å². The summed E-state index contributed by atoms with van der Waals surface area (Å²) in [6.45, 7) is 4.87. The number of methoxy groups -OCH3 is 1. The second kappa shape index (κ2) is 12.6. The molecule has 6 nitrogen and oxygen atoms in total. The van der Waals surface area contributed by atoms with Gasteiger partial charge in [0.05, 0.1) is 12.8 Å². The van der Waals surface area contributed by atoms with Crippen LogP contribution in [0.25, 0.3) is 0 Å². The van der Waals surface area contributed by atoms with Crippen molar-refractivity contribution in [2.45, 2.75) is 45.0 Å². The quantitative estimate of drug-likeness (QED) is 0.492. The lowest BCUT2D eigenvalue weighted by Gasteiger charge is -2.34. The van der Waals surface area contributed by atoms with Gasteiger partial charge in [-0.05, 0) is 69.8 Å². The molecule has 0 atom stereocenters. The number of piperidine rings is 2. The van der Waals surface area contributed by atoms with Gasteiger partial charge in [-0.3, -0.25) is 9.69 Å². The normalized spacial score (nSPS) is 17.9. The fraction of sp³-hybridized carbons (Fsp3) is 0.536. The summed E-state index contributed by atoms with van der Waals surface area (Å²) in [6.07, 6.45) is -0.554. The van der Waals surface area contributed by atoms with Crippen LogP contribution in [0.2, 0.25) is 0 Å². The third kappa shape index (κ3) is 8.10. The van der Waals surface area contributed by atoms with Gasteiger partial charge in [-0.25, -0.2) is 0 Å². The first kappa shape index (κ1) is 27.3. The molecule has 2 saturated heterocycles. The predicted octanol–water partition coefficient (Wildman–Crippen LogP) is 5.23. The number of rotatable bonds is 9. The molecule has 2 aliphatic heterocycles. The number of anilines is 1. The molecule has 202 valence electrons. The second-order valence-corrected chi connectivity index (χ2v) is 9.92. The molecule has 0 bridgehead atoms. The molecule has 1 N–H and O–H groups in total. The van der Waals surface area contributed by atoms with E-state index in [1.165, 1.54) is 24.8 Å². The lowest BCUT2D eigenvalue weighted by Crippen LogP contribution is -2.42. The van der Waals surface area contributed by atoms with Crippen LogP contribution in [0.3, 0.4) is 0 Å². The van der Waals surface area contributed by atoms with Crippen LogP contribution >= 0.6 is 0 Å². The maximum atomic E-state index is 13.6. The Hall–Kier alpha value is -2.78. The van der Waals surface area contributed by atoms with Crippen molar-refractivity contribution >= 4 is 11.6 Å². The molecule has 2 fully saturated rings. The van der Waals surface area contributed by atoms with Gasteiger partial charge < -0.3 is 19.7 Å². The number of carbonyl (C=O) groups excluding carboxylic acids is 1. The highest BCUT2D eigenvalue weighted by molar-refractivity contribution is 5.95. The molecule has 2 aromatic rings. The van der Waals surface area contributed by atoms with Gasteiger partial charge in [-0.2, -0.15) is 0 Å². The molecule has 0 spiro atoms. The van der Waals surface area contributed by atoms with Crippen LogP contribution in [0.15, 0.2) is 48.5 Å². The van der Waals surface area contributed by atoms with Crippen molar-refractivity contribution in [3.05, 3.63) is 54.1 Å². The molecular formula is C28H36F3N3O3. The summed E-state index contributed by atoms with van der Waals surface area (Å²) in [5.41, 5.74) is 1.68. The molecule has 2 aromatic carbocycles. The van der Waals surface area contributed by atoms with Gasteiger partial charge in [0.1, 0.15) is 11.5 Å². The summed E-state index contributed by atoms with van der Waals surface area (Å²) in [7, 11) is 1.39. The van der Waals surface area contributed by atoms with Gasteiger partial charge >= 0.3 is 6.36 Å². The molecule has 0 radical (unpaired) electrons. The third-order valence-electron chi connectivity index (χ3n) is 7.32. The molecule has 0 aliphatic carbocycles. The molecule has 37 heavy (non-hydrogen) atoms. The predicted molar refractivity (Wildman–Crippen MR) is 137 cm³/mol. The van der Waals surface area contributed by atoms with E-state index in [0.29, 0.717) is 31.0 Å². The second-order valence-electron chi connectivity index (χ2n) is 9.92. The molecule has 2 aliphatic rings. The Morgan fingerprint density at radius 1 is 1.03 bits per heavy atom.